The van der Waals surface area contributed by atoms with Gasteiger partial charge in [-0.25, -0.2) is 4.98 Å². The largest absolute Gasteiger partial charge is 0.440 e. The normalized spacial score (nSPS) is 16.2. The van der Waals surface area contributed by atoms with E-state index in [0.29, 0.717) is 11.8 Å². The fourth-order valence-electron chi connectivity index (χ4n) is 2.51. The quantitative estimate of drug-likeness (QED) is 0.753. The number of nitrogens with one attached hydrogen (secondary N) is 1. The van der Waals surface area contributed by atoms with Crippen molar-refractivity contribution in [3.63, 3.8) is 0 Å². The lowest BCUT2D eigenvalue weighted by atomic mass is 10.2. The van der Waals surface area contributed by atoms with Gasteiger partial charge < -0.3 is 14.3 Å². The van der Waals surface area contributed by atoms with Crippen LogP contribution in [0.3, 0.4) is 0 Å². The summed E-state index contributed by atoms with van der Waals surface area (Å²) < 4.78 is 11.1. The van der Waals surface area contributed by atoms with Gasteiger partial charge in [0.2, 0.25) is 5.89 Å². The lowest BCUT2D eigenvalue weighted by molar-refractivity contribution is 0.361. The molecule has 23 heavy (non-hydrogen) atoms. The molecule has 3 aromatic rings. The number of nitrogens with zero attached hydrogens (tertiary/aromatic N) is 3. The molecule has 1 fully saturated rings. The molecule has 1 saturated carbocycles. The van der Waals surface area contributed by atoms with E-state index in [1.165, 1.54) is 12.8 Å². The Morgan fingerprint density at radius 1 is 1.17 bits per heavy atom. The number of hydrogen-bond acceptors (Lipinski definition) is 6. The van der Waals surface area contributed by atoms with Crippen LogP contribution in [-0.4, -0.2) is 15.1 Å². The van der Waals surface area contributed by atoms with E-state index in [2.05, 4.69) is 20.4 Å². The molecule has 0 unspecified atom stereocenters. The maximum atomic E-state index is 5.79. The fraction of sp³-hybridized carbons (Fsp3) is 0.471. The molecule has 0 spiro atoms. The summed E-state index contributed by atoms with van der Waals surface area (Å²) in [5.74, 6) is 2.96. The van der Waals surface area contributed by atoms with Crippen molar-refractivity contribution in [2.75, 3.05) is 5.32 Å². The Labute approximate surface area is 134 Å². The molecule has 2 aromatic heterocycles. The van der Waals surface area contributed by atoms with E-state index in [4.69, 9.17) is 8.94 Å². The highest BCUT2D eigenvalue weighted by molar-refractivity contribution is 5.77. The summed E-state index contributed by atoms with van der Waals surface area (Å²) in [7, 11) is 0. The molecular formula is C17H20N4O2. The Balaban J connectivity index is 1.53. The predicted molar refractivity (Wildman–Crippen MR) is 86.4 cm³/mol. The molecule has 2 heterocycles. The van der Waals surface area contributed by atoms with Gasteiger partial charge in [-0.05, 0) is 38.0 Å². The van der Waals surface area contributed by atoms with Crippen LogP contribution in [0, 0.1) is 0 Å². The van der Waals surface area contributed by atoms with Crippen LogP contribution in [0.4, 0.5) is 5.69 Å². The number of oxazole rings is 1. The van der Waals surface area contributed by atoms with Gasteiger partial charge in [-0.15, -0.1) is 0 Å². The summed E-state index contributed by atoms with van der Waals surface area (Å²) in [4.78, 5) is 9.01. The lowest BCUT2D eigenvalue weighted by Gasteiger charge is -2.10. The molecule has 1 aliphatic rings. The Hall–Kier alpha value is -2.37. The summed E-state index contributed by atoms with van der Waals surface area (Å²) in [6.07, 6.45) is 2.37. The number of hydrogen-bond donors (Lipinski definition) is 1. The van der Waals surface area contributed by atoms with E-state index in [-0.39, 0.29) is 12.0 Å². The molecule has 1 atom stereocenters. The standard InChI is InChI=1S/C17H20N4O2/c1-9(2)15-20-16(23-21-15)10(3)18-12-6-7-14-13(8-12)19-17(22-14)11-4-5-11/h6-11,18H,4-5H2,1-3H3/t10-/m0/s1. The average molecular weight is 312 g/mol. The van der Waals surface area contributed by atoms with Gasteiger partial charge >= 0.3 is 0 Å². The van der Waals surface area contributed by atoms with Crippen LogP contribution in [0.25, 0.3) is 11.1 Å². The van der Waals surface area contributed by atoms with Crippen molar-refractivity contribution in [3.05, 3.63) is 35.8 Å². The van der Waals surface area contributed by atoms with Gasteiger partial charge in [-0.1, -0.05) is 19.0 Å². The average Bonchev–Trinajstić information content (AvgIpc) is 3.10. The summed E-state index contributed by atoms with van der Waals surface area (Å²) in [6.45, 7) is 6.09. The molecule has 0 radical (unpaired) electrons. The van der Waals surface area contributed by atoms with Crippen LogP contribution in [0.5, 0.6) is 0 Å². The van der Waals surface area contributed by atoms with Gasteiger partial charge in [0, 0.05) is 17.5 Å². The van der Waals surface area contributed by atoms with Crippen molar-refractivity contribution in [1.29, 1.82) is 0 Å². The van der Waals surface area contributed by atoms with Crippen LogP contribution in [0.2, 0.25) is 0 Å². The van der Waals surface area contributed by atoms with Crippen molar-refractivity contribution < 1.29 is 8.94 Å². The van der Waals surface area contributed by atoms with Gasteiger partial charge in [-0.3, -0.25) is 0 Å². The maximum Gasteiger partial charge on any atom is 0.248 e. The summed E-state index contributed by atoms with van der Waals surface area (Å²) >= 11 is 0. The second kappa shape index (κ2) is 5.37. The Kier molecular flexibility index (Phi) is 3.32. The number of benzene rings is 1. The van der Waals surface area contributed by atoms with Crippen molar-refractivity contribution in [2.45, 2.75) is 51.5 Å². The van der Waals surface area contributed by atoms with Crippen LogP contribution >= 0.6 is 0 Å². The summed E-state index contributed by atoms with van der Waals surface area (Å²) in [6, 6.07) is 5.88. The molecule has 6 heteroatoms. The second-order valence-corrected chi connectivity index (χ2v) is 6.52. The smallest absolute Gasteiger partial charge is 0.248 e. The van der Waals surface area contributed by atoms with Crippen LogP contribution < -0.4 is 5.32 Å². The topological polar surface area (TPSA) is 77.0 Å². The molecular weight excluding hydrogens is 292 g/mol. The van der Waals surface area contributed by atoms with Crippen LogP contribution in [0.15, 0.2) is 27.1 Å². The van der Waals surface area contributed by atoms with Gasteiger partial charge in [-0.2, -0.15) is 4.98 Å². The molecule has 1 aromatic carbocycles. The molecule has 1 aliphatic carbocycles. The third kappa shape index (κ3) is 2.81. The minimum absolute atomic E-state index is 0.0674. The third-order valence-electron chi connectivity index (χ3n) is 4.06. The van der Waals surface area contributed by atoms with Gasteiger partial charge in [0.25, 0.3) is 0 Å². The zero-order valence-corrected chi connectivity index (χ0v) is 13.5. The molecule has 4 rings (SSSR count). The molecule has 0 bridgehead atoms. The third-order valence-corrected chi connectivity index (χ3v) is 4.06. The van der Waals surface area contributed by atoms with Crippen LogP contribution in [0.1, 0.15) is 69.1 Å². The Morgan fingerprint density at radius 3 is 2.70 bits per heavy atom. The summed E-state index contributed by atoms with van der Waals surface area (Å²) in [5.41, 5.74) is 2.69. The first-order chi connectivity index (χ1) is 11.1. The zero-order valence-electron chi connectivity index (χ0n) is 13.5. The first-order valence-electron chi connectivity index (χ1n) is 8.10. The van der Waals surface area contributed by atoms with Gasteiger partial charge in [0.1, 0.15) is 11.6 Å². The minimum Gasteiger partial charge on any atom is -0.440 e. The molecule has 0 aliphatic heterocycles. The van der Waals surface area contributed by atoms with Crippen molar-refractivity contribution in [3.8, 4) is 0 Å². The number of aromatic nitrogens is 3. The van der Waals surface area contributed by atoms with E-state index in [1.54, 1.807) is 0 Å². The van der Waals surface area contributed by atoms with Crippen molar-refractivity contribution >= 4 is 16.8 Å². The second-order valence-electron chi connectivity index (χ2n) is 6.52. The zero-order chi connectivity index (χ0) is 16.0. The molecule has 120 valence electrons. The number of fused-ring (bicyclic) bond motifs is 1. The monoisotopic (exact) mass is 312 g/mol. The number of anilines is 1. The van der Waals surface area contributed by atoms with Gasteiger partial charge in [0.05, 0.1) is 0 Å². The van der Waals surface area contributed by atoms with E-state index in [1.807, 2.05) is 39.0 Å². The fourth-order valence-corrected chi connectivity index (χ4v) is 2.51. The SMILES string of the molecule is CC(C)c1noc([C@H](C)Nc2ccc3oc(C4CC4)nc3c2)n1. The van der Waals surface area contributed by atoms with Gasteiger partial charge in [0.15, 0.2) is 17.3 Å². The predicted octanol–water partition coefficient (Wildman–Crippen LogP) is 4.38. The minimum atomic E-state index is -0.0674. The molecule has 1 N–H and O–H groups in total. The highest BCUT2D eigenvalue weighted by Gasteiger charge is 2.29. The maximum absolute atomic E-state index is 5.79. The Bertz CT molecular complexity index is 832. The molecule has 0 saturated heterocycles. The lowest BCUT2D eigenvalue weighted by Crippen LogP contribution is -2.07. The Morgan fingerprint density at radius 2 is 2.00 bits per heavy atom. The number of rotatable bonds is 5. The van der Waals surface area contributed by atoms with Crippen LogP contribution in [-0.2, 0) is 0 Å². The van der Waals surface area contributed by atoms with E-state index in [9.17, 15) is 0 Å². The van der Waals surface area contributed by atoms with E-state index >= 15 is 0 Å². The van der Waals surface area contributed by atoms with E-state index in [0.717, 1.165) is 28.5 Å². The first-order valence-corrected chi connectivity index (χ1v) is 8.10. The summed E-state index contributed by atoms with van der Waals surface area (Å²) in [5, 5.41) is 7.38. The first kappa shape index (κ1) is 14.2. The highest BCUT2D eigenvalue weighted by Crippen LogP contribution is 2.40. The van der Waals surface area contributed by atoms with Crippen molar-refractivity contribution in [1.82, 2.24) is 15.1 Å². The van der Waals surface area contributed by atoms with Crippen molar-refractivity contribution in [2.24, 2.45) is 0 Å². The molecule has 0 amide bonds. The van der Waals surface area contributed by atoms with E-state index < -0.39 is 0 Å². The highest BCUT2D eigenvalue weighted by atomic mass is 16.5. The molecule has 6 nitrogen and oxygen atoms in total.